The van der Waals surface area contributed by atoms with Crippen molar-refractivity contribution in [3.63, 3.8) is 0 Å². The van der Waals surface area contributed by atoms with Gasteiger partial charge in [-0.05, 0) is 54.4 Å². The molecule has 1 aromatic rings. The lowest BCUT2D eigenvalue weighted by Gasteiger charge is -2.32. The van der Waals surface area contributed by atoms with E-state index < -0.39 is 6.10 Å². The smallest absolute Gasteiger partial charge is 0.310 e. The molecule has 0 bridgehead atoms. The molecule has 0 spiro atoms. The van der Waals surface area contributed by atoms with Gasteiger partial charge in [-0.25, -0.2) is 0 Å². The van der Waals surface area contributed by atoms with Gasteiger partial charge in [0, 0.05) is 13.1 Å². The predicted octanol–water partition coefficient (Wildman–Crippen LogP) is 2.46. The molecule has 23 heavy (non-hydrogen) atoms. The Bertz CT molecular complexity index is 511. The highest BCUT2D eigenvalue weighted by atomic mass is 79.9. The Hall–Kier alpha value is -1.11. The van der Waals surface area contributed by atoms with Gasteiger partial charge in [-0.15, -0.1) is 0 Å². The number of hydrogen-bond acceptors (Lipinski definition) is 5. The number of ether oxygens (including phenoxy) is 2. The van der Waals surface area contributed by atoms with Crippen molar-refractivity contribution < 1.29 is 19.4 Å². The molecule has 1 aromatic carbocycles. The molecule has 5 nitrogen and oxygen atoms in total. The molecule has 0 radical (unpaired) electrons. The van der Waals surface area contributed by atoms with Crippen LogP contribution >= 0.6 is 15.9 Å². The zero-order chi connectivity index (χ0) is 16.7. The summed E-state index contributed by atoms with van der Waals surface area (Å²) in [5.74, 6) is 0.505. The van der Waals surface area contributed by atoms with Crippen LogP contribution in [-0.2, 0) is 9.53 Å². The first-order chi connectivity index (χ1) is 11.1. The topological polar surface area (TPSA) is 59.0 Å². The minimum Gasteiger partial charge on any atom is -0.490 e. The Morgan fingerprint density at radius 2 is 2.26 bits per heavy atom. The molecule has 0 unspecified atom stereocenters. The normalized spacial score (nSPS) is 20.0. The van der Waals surface area contributed by atoms with Gasteiger partial charge < -0.3 is 14.6 Å². The number of β-amino-alcohol motifs (C(OH)–C–C–N with tert-alkyl or cyclic N) is 1. The molecule has 0 saturated carbocycles. The molecule has 1 saturated heterocycles. The summed E-state index contributed by atoms with van der Waals surface area (Å²) in [5, 5.41) is 10.2. The fraction of sp³-hybridized carbons (Fsp3) is 0.588. The van der Waals surface area contributed by atoms with Gasteiger partial charge in [0.05, 0.1) is 17.0 Å². The number of aliphatic hydroxyl groups excluding tert-OH is 1. The average Bonchev–Trinajstić information content (AvgIpc) is 2.54. The third-order valence-electron chi connectivity index (χ3n) is 3.86. The standard InChI is InChI=1S/C17H24BrNO4/c1-2-22-17(21)13-6-5-9-19(10-13)11-14(20)12-23-16-8-4-3-7-15(16)18/h3-4,7-8,13-14,20H,2,5-6,9-12H2,1H3/t13-,14-/m0/s1. The molecule has 1 heterocycles. The van der Waals surface area contributed by atoms with Crippen molar-refractivity contribution in [1.82, 2.24) is 4.90 Å². The fourth-order valence-electron chi connectivity index (χ4n) is 2.77. The van der Waals surface area contributed by atoms with Crippen LogP contribution in [0.1, 0.15) is 19.8 Å². The largest absolute Gasteiger partial charge is 0.490 e. The van der Waals surface area contributed by atoms with Crippen molar-refractivity contribution in [2.24, 2.45) is 5.92 Å². The second-order valence-electron chi connectivity index (χ2n) is 5.75. The van der Waals surface area contributed by atoms with Crippen LogP contribution in [0.4, 0.5) is 0 Å². The molecule has 2 atom stereocenters. The van der Waals surface area contributed by atoms with Crippen LogP contribution in [0.2, 0.25) is 0 Å². The summed E-state index contributed by atoms with van der Waals surface area (Å²) < 4.78 is 11.6. The monoisotopic (exact) mass is 385 g/mol. The lowest BCUT2D eigenvalue weighted by molar-refractivity contribution is -0.150. The molecule has 1 aliphatic heterocycles. The van der Waals surface area contributed by atoms with Gasteiger partial charge in [-0.1, -0.05) is 12.1 Å². The first-order valence-corrected chi connectivity index (χ1v) is 8.83. The van der Waals surface area contributed by atoms with Gasteiger partial charge >= 0.3 is 5.97 Å². The molecular formula is C17H24BrNO4. The predicted molar refractivity (Wildman–Crippen MR) is 91.4 cm³/mol. The first-order valence-electron chi connectivity index (χ1n) is 8.04. The second-order valence-corrected chi connectivity index (χ2v) is 6.60. The Labute approximate surface area is 145 Å². The summed E-state index contributed by atoms with van der Waals surface area (Å²) in [6.07, 6.45) is 1.21. The number of carbonyl (C=O) groups excluding carboxylic acids is 1. The molecule has 2 rings (SSSR count). The first kappa shape index (κ1) is 18.2. The van der Waals surface area contributed by atoms with Crippen LogP contribution in [0.25, 0.3) is 0 Å². The van der Waals surface area contributed by atoms with Gasteiger partial charge in [0.2, 0.25) is 0 Å². The molecular weight excluding hydrogens is 362 g/mol. The van der Waals surface area contributed by atoms with E-state index in [2.05, 4.69) is 20.8 Å². The van der Waals surface area contributed by atoms with Crippen molar-refractivity contribution in [1.29, 1.82) is 0 Å². The van der Waals surface area contributed by atoms with Crippen molar-refractivity contribution in [2.75, 3.05) is 32.8 Å². The van der Waals surface area contributed by atoms with E-state index in [0.717, 1.165) is 29.6 Å². The van der Waals surface area contributed by atoms with E-state index >= 15 is 0 Å². The fourth-order valence-corrected chi connectivity index (χ4v) is 3.17. The zero-order valence-corrected chi connectivity index (χ0v) is 15.0. The van der Waals surface area contributed by atoms with E-state index in [1.807, 2.05) is 31.2 Å². The second kappa shape index (κ2) is 9.25. The molecule has 1 aliphatic rings. The molecule has 0 aromatic heterocycles. The number of para-hydroxylation sites is 1. The number of aliphatic hydroxyl groups is 1. The number of likely N-dealkylation sites (tertiary alicyclic amines) is 1. The lowest BCUT2D eigenvalue weighted by atomic mass is 9.98. The number of benzene rings is 1. The maximum atomic E-state index is 11.8. The number of hydrogen-bond donors (Lipinski definition) is 1. The molecule has 0 amide bonds. The molecule has 1 fully saturated rings. The lowest BCUT2D eigenvalue weighted by Crippen LogP contribution is -2.44. The number of halogens is 1. The summed E-state index contributed by atoms with van der Waals surface area (Å²) in [6.45, 7) is 4.50. The number of carbonyl (C=O) groups is 1. The SMILES string of the molecule is CCOC(=O)[C@H]1CCCN(C[C@H](O)COc2ccccc2Br)C1. The van der Waals surface area contributed by atoms with E-state index in [4.69, 9.17) is 9.47 Å². The minimum absolute atomic E-state index is 0.0833. The van der Waals surface area contributed by atoms with Crippen molar-refractivity contribution in [3.05, 3.63) is 28.7 Å². The number of piperidine rings is 1. The van der Waals surface area contributed by atoms with Gasteiger partial charge in [-0.3, -0.25) is 9.69 Å². The van der Waals surface area contributed by atoms with Gasteiger partial charge in [0.15, 0.2) is 0 Å². The summed E-state index contributed by atoms with van der Waals surface area (Å²) in [5.41, 5.74) is 0. The third-order valence-corrected chi connectivity index (χ3v) is 4.52. The number of nitrogens with zero attached hydrogens (tertiary/aromatic N) is 1. The Morgan fingerprint density at radius 3 is 3.00 bits per heavy atom. The highest BCUT2D eigenvalue weighted by Gasteiger charge is 2.27. The summed E-state index contributed by atoms with van der Waals surface area (Å²) in [6, 6.07) is 7.56. The molecule has 1 N–H and O–H groups in total. The molecule has 0 aliphatic carbocycles. The van der Waals surface area contributed by atoms with Gasteiger partial charge in [0.25, 0.3) is 0 Å². The van der Waals surface area contributed by atoms with Crippen LogP contribution in [0.3, 0.4) is 0 Å². The van der Waals surface area contributed by atoms with Gasteiger partial charge in [0.1, 0.15) is 18.5 Å². The highest BCUT2D eigenvalue weighted by molar-refractivity contribution is 9.10. The average molecular weight is 386 g/mol. The Kier molecular flexibility index (Phi) is 7.33. The van der Waals surface area contributed by atoms with Crippen molar-refractivity contribution in [3.8, 4) is 5.75 Å². The van der Waals surface area contributed by atoms with E-state index in [0.29, 0.717) is 19.7 Å². The zero-order valence-electron chi connectivity index (χ0n) is 13.4. The van der Waals surface area contributed by atoms with Crippen LogP contribution in [0, 0.1) is 5.92 Å². The highest BCUT2D eigenvalue weighted by Crippen LogP contribution is 2.24. The van der Waals surface area contributed by atoms with Crippen LogP contribution < -0.4 is 4.74 Å². The van der Waals surface area contributed by atoms with Gasteiger partial charge in [-0.2, -0.15) is 0 Å². The van der Waals surface area contributed by atoms with Crippen LogP contribution in [-0.4, -0.2) is 54.9 Å². The number of esters is 1. The van der Waals surface area contributed by atoms with Crippen LogP contribution in [0.15, 0.2) is 28.7 Å². The molecule has 128 valence electrons. The van der Waals surface area contributed by atoms with E-state index in [1.165, 1.54) is 0 Å². The van der Waals surface area contributed by atoms with Crippen molar-refractivity contribution in [2.45, 2.75) is 25.9 Å². The molecule has 6 heteroatoms. The third kappa shape index (κ3) is 5.79. The maximum absolute atomic E-state index is 11.8. The minimum atomic E-state index is -0.594. The quantitative estimate of drug-likeness (QED) is 0.730. The Morgan fingerprint density at radius 1 is 1.48 bits per heavy atom. The van der Waals surface area contributed by atoms with E-state index in [1.54, 1.807) is 0 Å². The number of rotatable bonds is 7. The van der Waals surface area contributed by atoms with Crippen LogP contribution in [0.5, 0.6) is 5.75 Å². The summed E-state index contributed by atoms with van der Waals surface area (Å²) in [4.78, 5) is 13.9. The van der Waals surface area contributed by atoms with E-state index in [-0.39, 0.29) is 18.5 Å². The van der Waals surface area contributed by atoms with Crippen molar-refractivity contribution >= 4 is 21.9 Å². The Balaban J connectivity index is 1.77. The van der Waals surface area contributed by atoms with E-state index in [9.17, 15) is 9.90 Å². The summed E-state index contributed by atoms with van der Waals surface area (Å²) in [7, 11) is 0. The maximum Gasteiger partial charge on any atom is 0.310 e. The summed E-state index contributed by atoms with van der Waals surface area (Å²) >= 11 is 3.41.